The molecule has 0 heterocycles. The molecule has 0 bridgehead atoms. The summed E-state index contributed by atoms with van der Waals surface area (Å²) in [7, 11) is 0. The Balaban J connectivity index is 0. The van der Waals surface area contributed by atoms with Crippen molar-refractivity contribution in [2.75, 3.05) is 0 Å². The van der Waals surface area contributed by atoms with Crippen LogP contribution in [0.15, 0.2) is 0 Å². The second kappa shape index (κ2) is 8.19. The average molecular weight is 214 g/mol. The third-order valence-electron chi connectivity index (χ3n) is 2.80. The van der Waals surface area contributed by atoms with Crippen molar-refractivity contribution in [1.82, 2.24) is 0 Å². The smallest absolute Gasteiger partial charge is 0.0380 e. The predicted molar refractivity (Wildman–Crippen MR) is 73.2 cm³/mol. The number of rotatable bonds is 3. The lowest BCUT2D eigenvalue weighted by molar-refractivity contribution is 0.320. The van der Waals surface area contributed by atoms with Gasteiger partial charge in [0.05, 0.1) is 0 Å². The maximum atomic E-state index is 2.30. The van der Waals surface area contributed by atoms with Crippen molar-refractivity contribution in [2.24, 2.45) is 23.2 Å². The van der Waals surface area contributed by atoms with Crippen molar-refractivity contribution in [3.63, 3.8) is 0 Å². The Bertz CT molecular complexity index is 125. The highest BCUT2D eigenvalue weighted by Crippen LogP contribution is 2.23. The molecule has 1 unspecified atom stereocenters. The van der Waals surface area contributed by atoms with Crippen LogP contribution in [0.3, 0.4) is 0 Å². The zero-order valence-electron chi connectivity index (χ0n) is 12.6. The fourth-order valence-electron chi connectivity index (χ4n) is 1.70. The third-order valence-corrected chi connectivity index (χ3v) is 2.80. The molecular weight excluding hydrogens is 180 g/mol. The molecule has 0 radical (unpaired) electrons. The van der Waals surface area contributed by atoms with Crippen LogP contribution < -0.4 is 0 Å². The molecule has 0 fully saturated rings. The summed E-state index contributed by atoms with van der Waals surface area (Å²) in [6.07, 6.45) is 2.64. The van der Waals surface area contributed by atoms with Gasteiger partial charge in [-0.25, -0.2) is 0 Å². The lowest BCUT2D eigenvalue weighted by Crippen LogP contribution is -2.08. The van der Waals surface area contributed by atoms with Gasteiger partial charge in [0.15, 0.2) is 0 Å². The van der Waals surface area contributed by atoms with Gasteiger partial charge in [-0.2, -0.15) is 0 Å². The van der Waals surface area contributed by atoms with E-state index in [1.165, 1.54) is 12.8 Å². The molecule has 0 saturated heterocycles. The molecule has 0 spiro atoms. The van der Waals surface area contributed by atoms with Gasteiger partial charge in [0, 0.05) is 0 Å². The zero-order chi connectivity index (χ0) is 12.6. The largest absolute Gasteiger partial charge is 0.0651 e. The van der Waals surface area contributed by atoms with E-state index in [9.17, 15) is 0 Å². The predicted octanol–water partition coefficient (Wildman–Crippen LogP) is 5.77. The van der Waals surface area contributed by atoms with Crippen LogP contribution in [0.4, 0.5) is 0 Å². The molecule has 15 heavy (non-hydrogen) atoms. The Hall–Kier alpha value is 0. The second-order valence-electron chi connectivity index (χ2n) is 6.79. The molecule has 0 aliphatic heterocycles. The fourth-order valence-corrected chi connectivity index (χ4v) is 1.70. The monoisotopic (exact) mass is 214 g/mol. The molecule has 0 aliphatic carbocycles. The van der Waals surface area contributed by atoms with E-state index in [1.54, 1.807) is 0 Å². The topological polar surface area (TPSA) is 0 Å². The van der Waals surface area contributed by atoms with Crippen molar-refractivity contribution in [3.8, 4) is 0 Å². The van der Waals surface area contributed by atoms with E-state index >= 15 is 0 Å². The molecule has 0 N–H and O–H groups in total. The highest BCUT2D eigenvalue weighted by Gasteiger charge is 2.11. The molecule has 0 nitrogen and oxygen atoms in total. The van der Waals surface area contributed by atoms with E-state index in [0.717, 1.165) is 17.8 Å². The molecule has 0 saturated carbocycles. The first-order valence-electron chi connectivity index (χ1n) is 6.60. The molecule has 0 aromatic heterocycles. The lowest BCUT2D eigenvalue weighted by atomic mass is 9.86. The van der Waals surface area contributed by atoms with Crippen molar-refractivity contribution in [2.45, 2.75) is 75.2 Å². The van der Waals surface area contributed by atoms with E-state index in [1.807, 2.05) is 0 Å². The molecule has 0 amide bonds. The molecule has 0 aliphatic rings. The van der Waals surface area contributed by atoms with Gasteiger partial charge in [-0.1, -0.05) is 68.7 Å². The fraction of sp³-hybridized carbons (Fsp3) is 1.00. The minimum Gasteiger partial charge on any atom is -0.0651 e. The van der Waals surface area contributed by atoms with Crippen LogP contribution in [0, 0.1) is 23.2 Å². The Morgan fingerprint density at radius 1 is 0.867 bits per heavy atom. The number of hydrogen-bond acceptors (Lipinski definition) is 0. The quantitative estimate of drug-likeness (QED) is 0.559. The van der Waals surface area contributed by atoms with E-state index in [2.05, 4.69) is 62.3 Å². The maximum Gasteiger partial charge on any atom is -0.0380 e. The van der Waals surface area contributed by atoms with Gasteiger partial charge in [0.2, 0.25) is 0 Å². The summed E-state index contributed by atoms with van der Waals surface area (Å²) in [6, 6.07) is 0. The molecule has 0 aromatic rings. The van der Waals surface area contributed by atoms with Crippen LogP contribution in [-0.2, 0) is 0 Å². The van der Waals surface area contributed by atoms with Crippen molar-refractivity contribution in [1.29, 1.82) is 0 Å². The maximum absolute atomic E-state index is 2.30. The van der Waals surface area contributed by atoms with E-state index in [4.69, 9.17) is 0 Å². The van der Waals surface area contributed by atoms with Gasteiger partial charge in [0.25, 0.3) is 0 Å². The standard InChI is InChI=1S/C8H18.C7H16/c1-7(2)6-8(3,4)5;1-5-7(4)6(2)3/h7H,6H2,1-5H3;6-7H,5H2,1-4H3. The van der Waals surface area contributed by atoms with Gasteiger partial charge < -0.3 is 0 Å². The van der Waals surface area contributed by atoms with Crippen molar-refractivity contribution < 1.29 is 0 Å². The Morgan fingerprint density at radius 2 is 1.27 bits per heavy atom. The van der Waals surface area contributed by atoms with Gasteiger partial charge in [0.1, 0.15) is 0 Å². The highest BCUT2D eigenvalue weighted by atomic mass is 14.2. The normalized spacial score (nSPS) is 13.8. The van der Waals surface area contributed by atoms with E-state index in [-0.39, 0.29) is 0 Å². The summed E-state index contributed by atoms with van der Waals surface area (Å²) in [6.45, 7) is 20.5. The second-order valence-corrected chi connectivity index (χ2v) is 6.79. The molecular formula is C15H34. The molecule has 0 aromatic carbocycles. The first kappa shape index (κ1) is 17.4. The highest BCUT2D eigenvalue weighted by molar-refractivity contribution is 4.62. The van der Waals surface area contributed by atoms with Gasteiger partial charge >= 0.3 is 0 Å². The van der Waals surface area contributed by atoms with Gasteiger partial charge in [-0.3, -0.25) is 0 Å². The van der Waals surface area contributed by atoms with Crippen LogP contribution in [-0.4, -0.2) is 0 Å². The summed E-state index contributed by atoms with van der Waals surface area (Å²) in [4.78, 5) is 0. The summed E-state index contributed by atoms with van der Waals surface area (Å²) in [5.74, 6) is 2.61. The van der Waals surface area contributed by atoms with Crippen LogP contribution >= 0.6 is 0 Å². The Kier molecular flexibility index (Phi) is 9.49. The first-order valence-corrected chi connectivity index (χ1v) is 6.60. The van der Waals surface area contributed by atoms with Crippen LogP contribution in [0.25, 0.3) is 0 Å². The van der Waals surface area contributed by atoms with E-state index < -0.39 is 0 Å². The minimum atomic E-state index is 0.522. The van der Waals surface area contributed by atoms with Crippen molar-refractivity contribution in [3.05, 3.63) is 0 Å². The average Bonchev–Trinajstić information content (AvgIpc) is 1.99. The van der Waals surface area contributed by atoms with Crippen LogP contribution in [0.2, 0.25) is 0 Å². The van der Waals surface area contributed by atoms with Gasteiger partial charge in [-0.05, 0) is 29.6 Å². The van der Waals surface area contributed by atoms with Crippen molar-refractivity contribution >= 4 is 0 Å². The Labute approximate surface area is 98.9 Å². The molecule has 0 heteroatoms. The Morgan fingerprint density at radius 3 is 1.27 bits per heavy atom. The van der Waals surface area contributed by atoms with Gasteiger partial charge in [-0.15, -0.1) is 0 Å². The summed E-state index contributed by atoms with van der Waals surface area (Å²) < 4.78 is 0. The third kappa shape index (κ3) is 16.7. The SMILES string of the molecule is CC(C)CC(C)(C)C.CCC(C)C(C)C. The molecule has 1 atom stereocenters. The summed E-state index contributed by atoms with van der Waals surface area (Å²) in [5.41, 5.74) is 0.522. The first-order chi connectivity index (χ1) is 6.60. The molecule has 0 rings (SSSR count). The zero-order valence-corrected chi connectivity index (χ0v) is 12.6. The lowest BCUT2D eigenvalue weighted by Gasteiger charge is -2.19. The minimum absolute atomic E-state index is 0.522. The summed E-state index contributed by atoms with van der Waals surface area (Å²) >= 11 is 0. The summed E-state index contributed by atoms with van der Waals surface area (Å²) in [5, 5.41) is 0. The molecule has 94 valence electrons. The number of hydrogen-bond donors (Lipinski definition) is 0. The van der Waals surface area contributed by atoms with E-state index in [0.29, 0.717) is 5.41 Å². The van der Waals surface area contributed by atoms with Crippen LogP contribution in [0.5, 0.6) is 0 Å². The van der Waals surface area contributed by atoms with Crippen LogP contribution in [0.1, 0.15) is 75.2 Å².